The van der Waals surface area contributed by atoms with Crippen LogP contribution in [0.1, 0.15) is 11.3 Å². The summed E-state index contributed by atoms with van der Waals surface area (Å²) in [7, 11) is -1.23. The number of aryl methyl sites for hydroxylation is 1. The van der Waals surface area contributed by atoms with Gasteiger partial charge in [0.05, 0.1) is 24.7 Å². The predicted octanol–water partition coefficient (Wildman–Crippen LogP) is -0.262. The molecule has 0 aliphatic carbocycles. The summed E-state index contributed by atoms with van der Waals surface area (Å²) < 4.78 is 25.9. The lowest BCUT2D eigenvalue weighted by molar-refractivity contribution is 0.383. The average molecular weight is 215 g/mol. The van der Waals surface area contributed by atoms with E-state index < -0.39 is 10.0 Å². The van der Waals surface area contributed by atoms with E-state index in [9.17, 15) is 8.42 Å². The SMILES string of the molecule is Cn1ncc2c1CN(S(C)(=O)=O)CC2. The highest BCUT2D eigenvalue weighted by Gasteiger charge is 2.25. The van der Waals surface area contributed by atoms with Gasteiger partial charge in [0.1, 0.15) is 0 Å². The van der Waals surface area contributed by atoms with Crippen molar-refractivity contribution in [3.8, 4) is 0 Å². The van der Waals surface area contributed by atoms with Gasteiger partial charge in [-0.1, -0.05) is 0 Å². The van der Waals surface area contributed by atoms with Crippen LogP contribution in [0.15, 0.2) is 6.20 Å². The van der Waals surface area contributed by atoms with Gasteiger partial charge in [0.2, 0.25) is 10.0 Å². The molecule has 1 aromatic rings. The van der Waals surface area contributed by atoms with Gasteiger partial charge >= 0.3 is 0 Å². The van der Waals surface area contributed by atoms with Crippen molar-refractivity contribution in [2.24, 2.45) is 7.05 Å². The number of hydrogen-bond donors (Lipinski definition) is 0. The van der Waals surface area contributed by atoms with Crippen molar-refractivity contribution in [3.63, 3.8) is 0 Å². The molecule has 5 nitrogen and oxygen atoms in total. The van der Waals surface area contributed by atoms with Crippen molar-refractivity contribution in [1.29, 1.82) is 0 Å². The quantitative estimate of drug-likeness (QED) is 0.648. The topological polar surface area (TPSA) is 55.2 Å². The fraction of sp³-hybridized carbons (Fsp3) is 0.625. The molecule has 0 spiro atoms. The number of hydrogen-bond acceptors (Lipinski definition) is 3. The first-order valence-electron chi connectivity index (χ1n) is 4.43. The lowest BCUT2D eigenvalue weighted by Crippen LogP contribution is -2.35. The summed E-state index contributed by atoms with van der Waals surface area (Å²) in [5, 5.41) is 4.11. The summed E-state index contributed by atoms with van der Waals surface area (Å²) in [5.41, 5.74) is 2.16. The van der Waals surface area contributed by atoms with E-state index in [4.69, 9.17) is 0 Å². The standard InChI is InChI=1S/C8H13N3O2S/c1-10-8-6-11(14(2,12)13)4-3-7(8)5-9-10/h5H,3-4,6H2,1-2H3. The smallest absolute Gasteiger partial charge is 0.211 e. The third-order valence-corrected chi connectivity index (χ3v) is 3.82. The van der Waals surface area contributed by atoms with Crippen LogP contribution in [0.4, 0.5) is 0 Å². The summed E-state index contributed by atoms with van der Waals surface area (Å²) in [6.45, 7) is 1.02. The molecule has 6 heteroatoms. The van der Waals surface area contributed by atoms with Gasteiger partial charge in [-0.3, -0.25) is 4.68 Å². The second-order valence-electron chi connectivity index (χ2n) is 3.59. The van der Waals surface area contributed by atoms with Crippen LogP contribution in [0.25, 0.3) is 0 Å². The molecule has 0 N–H and O–H groups in total. The van der Waals surface area contributed by atoms with Crippen molar-refractivity contribution in [2.75, 3.05) is 12.8 Å². The van der Waals surface area contributed by atoms with Gasteiger partial charge < -0.3 is 0 Å². The minimum Gasteiger partial charge on any atom is -0.271 e. The molecule has 0 amide bonds. The van der Waals surface area contributed by atoms with E-state index >= 15 is 0 Å². The van der Waals surface area contributed by atoms with Gasteiger partial charge in [-0.15, -0.1) is 0 Å². The maximum Gasteiger partial charge on any atom is 0.211 e. The summed E-state index contributed by atoms with van der Waals surface area (Å²) in [6, 6.07) is 0. The first-order chi connectivity index (χ1) is 6.48. The molecule has 2 heterocycles. The van der Waals surface area contributed by atoms with Crippen molar-refractivity contribution >= 4 is 10.0 Å². The Kier molecular flexibility index (Phi) is 2.11. The third-order valence-electron chi connectivity index (χ3n) is 2.57. The van der Waals surface area contributed by atoms with Crippen LogP contribution in [-0.2, 0) is 30.0 Å². The average Bonchev–Trinajstić information content (AvgIpc) is 2.46. The lowest BCUT2D eigenvalue weighted by Gasteiger charge is -2.24. The molecular weight excluding hydrogens is 202 g/mol. The van der Waals surface area contributed by atoms with Crippen LogP contribution >= 0.6 is 0 Å². The molecule has 2 rings (SSSR count). The van der Waals surface area contributed by atoms with E-state index in [1.807, 2.05) is 13.2 Å². The maximum absolute atomic E-state index is 11.3. The Hall–Kier alpha value is -0.880. The van der Waals surface area contributed by atoms with Crippen LogP contribution in [0.5, 0.6) is 0 Å². The summed E-state index contributed by atoms with van der Waals surface area (Å²) in [4.78, 5) is 0. The zero-order valence-corrected chi connectivity index (χ0v) is 9.08. The highest BCUT2D eigenvalue weighted by Crippen LogP contribution is 2.19. The van der Waals surface area contributed by atoms with Gasteiger partial charge in [0.15, 0.2) is 0 Å². The Morgan fingerprint density at radius 1 is 1.50 bits per heavy atom. The number of fused-ring (bicyclic) bond motifs is 1. The van der Waals surface area contributed by atoms with Gasteiger partial charge in [-0.05, 0) is 12.0 Å². The molecule has 0 radical (unpaired) electrons. The molecule has 78 valence electrons. The molecule has 14 heavy (non-hydrogen) atoms. The van der Waals surface area contributed by atoms with E-state index in [0.29, 0.717) is 13.1 Å². The zero-order chi connectivity index (χ0) is 10.3. The molecule has 1 aromatic heterocycles. The van der Waals surface area contributed by atoms with E-state index in [2.05, 4.69) is 5.10 Å². The first kappa shape index (κ1) is 9.67. The molecule has 0 saturated heterocycles. The first-order valence-corrected chi connectivity index (χ1v) is 6.28. The van der Waals surface area contributed by atoms with E-state index in [1.165, 1.54) is 10.6 Å². The van der Waals surface area contributed by atoms with Crippen LogP contribution < -0.4 is 0 Å². The fourth-order valence-electron chi connectivity index (χ4n) is 1.70. The van der Waals surface area contributed by atoms with E-state index in [1.54, 1.807) is 4.68 Å². The molecule has 0 atom stereocenters. The van der Waals surface area contributed by atoms with Gasteiger partial charge in [-0.2, -0.15) is 9.40 Å². The van der Waals surface area contributed by atoms with Gasteiger partial charge in [-0.25, -0.2) is 8.42 Å². The van der Waals surface area contributed by atoms with Crippen LogP contribution in [0.2, 0.25) is 0 Å². The molecule has 0 bridgehead atoms. The summed E-state index contributed by atoms with van der Waals surface area (Å²) in [5.74, 6) is 0. The summed E-state index contributed by atoms with van der Waals surface area (Å²) >= 11 is 0. The molecule has 0 aromatic carbocycles. The van der Waals surface area contributed by atoms with Crippen LogP contribution in [0, 0.1) is 0 Å². The van der Waals surface area contributed by atoms with Gasteiger partial charge in [0.25, 0.3) is 0 Å². The third kappa shape index (κ3) is 1.55. The number of sulfonamides is 1. The highest BCUT2D eigenvalue weighted by molar-refractivity contribution is 7.88. The molecule has 1 aliphatic rings. The van der Waals surface area contributed by atoms with Gasteiger partial charge in [0, 0.05) is 13.6 Å². The Morgan fingerprint density at radius 2 is 2.21 bits per heavy atom. The largest absolute Gasteiger partial charge is 0.271 e. The maximum atomic E-state index is 11.3. The Balaban J connectivity index is 2.33. The Labute approximate surface area is 83.4 Å². The molecule has 0 unspecified atom stereocenters. The molecule has 1 aliphatic heterocycles. The Bertz CT molecular complexity index is 449. The number of rotatable bonds is 1. The van der Waals surface area contributed by atoms with E-state index in [0.717, 1.165) is 17.7 Å². The molecule has 0 saturated carbocycles. The highest BCUT2D eigenvalue weighted by atomic mass is 32.2. The minimum absolute atomic E-state index is 0.449. The zero-order valence-electron chi connectivity index (χ0n) is 8.27. The number of aromatic nitrogens is 2. The van der Waals surface area contributed by atoms with Crippen LogP contribution in [-0.4, -0.2) is 35.3 Å². The second-order valence-corrected chi connectivity index (χ2v) is 5.57. The summed E-state index contributed by atoms with van der Waals surface area (Å²) in [6.07, 6.45) is 3.82. The molecule has 0 fully saturated rings. The monoisotopic (exact) mass is 215 g/mol. The van der Waals surface area contributed by atoms with E-state index in [-0.39, 0.29) is 0 Å². The fourth-order valence-corrected chi connectivity index (χ4v) is 2.48. The van der Waals surface area contributed by atoms with Crippen molar-refractivity contribution < 1.29 is 8.42 Å². The number of nitrogens with zero attached hydrogens (tertiary/aromatic N) is 3. The van der Waals surface area contributed by atoms with Crippen molar-refractivity contribution in [3.05, 3.63) is 17.5 Å². The normalized spacial score (nSPS) is 18.1. The molecular formula is C8H13N3O2S. The lowest BCUT2D eigenvalue weighted by atomic mass is 10.1. The predicted molar refractivity (Wildman–Crippen MR) is 52.2 cm³/mol. The Morgan fingerprint density at radius 3 is 2.86 bits per heavy atom. The second kappa shape index (κ2) is 3.06. The van der Waals surface area contributed by atoms with Crippen LogP contribution in [0.3, 0.4) is 0 Å². The minimum atomic E-state index is -3.07. The van der Waals surface area contributed by atoms with Crippen molar-refractivity contribution in [1.82, 2.24) is 14.1 Å². The van der Waals surface area contributed by atoms with Crippen molar-refractivity contribution in [2.45, 2.75) is 13.0 Å².